The van der Waals surface area contributed by atoms with E-state index in [1.165, 1.54) is 30.4 Å². The van der Waals surface area contributed by atoms with E-state index < -0.39 is 0 Å². The first kappa shape index (κ1) is 18.0. The smallest absolute Gasteiger partial charge is 0.226 e. The summed E-state index contributed by atoms with van der Waals surface area (Å²) in [6, 6.07) is 9.11. The van der Waals surface area contributed by atoms with Gasteiger partial charge in [-0.1, -0.05) is 31.2 Å². The van der Waals surface area contributed by atoms with Crippen LogP contribution < -0.4 is 5.32 Å². The van der Waals surface area contributed by atoms with E-state index >= 15 is 0 Å². The molecule has 0 spiro atoms. The number of amides is 1. The number of nitrogens with zero attached hydrogens (tertiary/aromatic N) is 1. The number of aryl methyl sites for hydroxylation is 1. The Kier molecular flexibility index (Phi) is 4.85. The van der Waals surface area contributed by atoms with E-state index in [9.17, 15) is 4.79 Å². The van der Waals surface area contributed by atoms with Crippen LogP contribution in [0, 0.1) is 23.2 Å². The summed E-state index contributed by atoms with van der Waals surface area (Å²) in [6.07, 6.45) is 8.65. The molecule has 1 aromatic rings. The Balaban J connectivity index is 1.43. The molecule has 1 atom stereocenters. The van der Waals surface area contributed by atoms with Crippen LogP contribution in [0.15, 0.2) is 24.3 Å². The van der Waals surface area contributed by atoms with E-state index in [0.29, 0.717) is 12.5 Å². The van der Waals surface area contributed by atoms with Gasteiger partial charge in [-0.2, -0.15) is 0 Å². The Hall–Kier alpha value is -1.35. The van der Waals surface area contributed by atoms with Crippen molar-refractivity contribution in [2.75, 3.05) is 20.6 Å². The van der Waals surface area contributed by atoms with Gasteiger partial charge in [0.05, 0.1) is 6.04 Å². The first-order chi connectivity index (χ1) is 12.5. The molecule has 0 radical (unpaired) electrons. The Bertz CT molecular complexity index is 613. The molecular formula is C23H34N2O. The molecule has 4 fully saturated rings. The molecule has 4 saturated carbocycles. The van der Waals surface area contributed by atoms with Gasteiger partial charge in [0.25, 0.3) is 0 Å². The lowest BCUT2D eigenvalue weighted by atomic mass is 9.49. The highest BCUT2D eigenvalue weighted by Gasteiger charge is 2.54. The van der Waals surface area contributed by atoms with Crippen molar-refractivity contribution < 1.29 is 4.79 Å². The first-order valence-corrected chi connectivity index (χ1v) is 10.5. The molecule has 1 aromatic carbocycles. The maximum Gasteiger partial charge on any atom is 0.226 e. The number of hydrogen-bond donors (Lipinski definition) is 1. The number of rotatable bonds is 6. The highest BCUT2D eigenvalue weighted by molar-refractivity contribution is 5.83. The van der Waals surface area contributed by atoms with Gasteiger partial charge in [0.15, 0.2) is 0 Å². The average Bonchev–Trinajstić information content (AvgIpc) is 2.61. The van der Waals surface area contributed by atoms with Crippen molar-refractivity contribution >= 4 is 5.91 Å². The number of likely N-dealkylation sites (N-methyl/N-ethyl adjacent to an activating group) is 1. The zero-order valence-electron chi connectivity index (χ0n) is 16.6. The van der Waals surface area contributed by atoms with Crippen molar-refractivity contribution in [1.29, 1.82) is 0 Å². The maximum absolute atomic E-state index is 13.2. The Labute approximate surface area is 158 Å². The average molecular weight is 355 g/mol. The fraction of sp³-hybridized carbons (Fsp3) is 0.696. The normalized spacial score (nSPS) is 33.5. The largest absolute Gasteiger partial charge is 0.354 e. The standard InChI is InChI=1S/C23H34N2O/c1-4-16-5-7-20(8-6-16)21(25(2)3)15-24-22(26)23-12-17-9-18(13-23)11-19(10-17)14-23/h5-8,17-19,21H,4,9-15H2,1-3H3,(H,24,26)/t17?,18?,19?,21-,23?/m1/s1. The van der Waals surface area contributed by atoms with E-state index in [1.807, 2.05) is 0 Å². The molecule has 1 amide bonds. The van der Waals surface area contributed by atoms with Crippen LogP contribution in [0.3, 0.4) is 0 Å². The summed E-state index contributed by atoms with van der Waals surface area (Å²) >= 11 is 0. The maximum atomic E-state index is 13.2. The van der Waals surface area contributed by atoms with Crippen LogP contribution in [-0.4, -0.2) is 31.4 Å². The summed E-state index contributed by atoms with van der Waals surface area (Å²) in [4.78, 5) is 15.4. The number of benzene rings is 1. The van der Waals surface area contributed by atoms with Gasteiger partial charge in [-0.15, -0.1) is 0 Å². The van der Waals surface area contributed by atoms with Crippen molar-refractivity contribution in [3.05, 3.63) is 35.4 Å². The zero-order chi connectivity index (χ0) is 18.3. The van der Waals surface area contributed by atoms with Crippen LogP contribution in [0.25, 0.3) is 0 Å². The number of hydrogen-bond acceptors (Lipinski definition) is 2. The number of nitrogens with one attached hydrogen (secondary N) is 1. The van der Waals surface area contributed by atoms with Crippen LogP contribution in [-0.2, 0) is 11.2 Å². The molecule has 1 N–H and O–H groups in total. The molecule has 26 heavy (non-hydrogen) atoms. The van der Waals surface area contributed by atoms with Crippen LogP contribution in [0.1, 0.15) is 62.6 Å². The van der Waals surface area contributed by atoms with Gasteiger partial charge < -0.3 is 10.2 Å². The third-order valence-corrected chi connectivity index (χ3v) is 7.37. The minimum atomic E-state index is -0.0440. The fourth-order valence-corrected chi connectivity index (χ4v) is 6.34. The molecule has 0 heterocycles. The minimum absolute atomic E-state index is 0.0440. The van der Waals surface area contributed by atoms with Crippen molar-refractivity contribution in [1.82, 2.24) is 10.2 Å². The van der Waals surface area contributed by atoms with Crippen LogP contribution in [0.4, 0.5) is 0 Å². The van der Waals surface area contributed by atoms with Crippen molar-refractivity contribution in [2.45, 2.75) is 57.9 Å². The van der Waals surface area contributed by atoms with Gasteiger partial charge in [-0.3, -0.25) is 4.79 Å². The third kappa shape index (κ3) is 3.31. The van der Waals surface area contributed by atoms with Gasteiger partial charge in [-0.25, -0.2) is 0 Å². The molecule has 0 saturated heterocycles. The minimum Gasteiger partial charge on any atom is -0.354 e. The van der Waals surface area contributed by atoms with Crippen molar-refractivity contribution in [3.8, 4) is 0 Å². The van der Waals surface area contributed by atoms with E-state index in [0.717, 1.165) is 43.4 Å². The summed E-state index contributed by atoms with van der Waals surface area (Å²) in [5.41, 5.74) is 2.61. The van der Waals surface area contributed by atoms with Crippen LogP contribution in [0.2, 0.25) is 0 Å². The highest BCUT2D eigenvalue weighted by Crippen LogP contribution is 2.60. The van der Waals surface area contributed by atoms with E-state index in [1.54, 1.807) is 0 Å². The third-order valence-electron chi connectivity index (χ3n) is 7.37. The Morgan fingerprint density at radius 3 is 2.08 bits per heavy atom. The molecular weight excluding hydrogens is 320 g/mol. The lowest BCUT2D eigenvalue weighted by Crippen LogP contribution is -2.54. The first-order valence-electron chi connectivity index (χ1n) is 10.5. The summed E-state index contributed by atoms with van der Waals surface area (Å²) in [6.45, 7) is 2.89. The van der Waals surface area contributed by atoms with Crippen molar-refractivity contribution in [3.63, 3.8) is 0 Å². The Morgan fingerprint density at radius 1 is 1.08 bits per heavy atom. The van der Waals surface area contributed by atoms with Crippen molar-refractivity contribution in [2.24, 2.45) is 23.2 Å². The topological polar surface area (TPSA) is 32.3 Å². The van der Waals surface area contributed by atoms with Gasteiger partial charge in [0.1, 0.15) is 0 Å². The van der Waals surface area contributed by atoms with Crippen LogP contribution in [0.5, 0.6) is 0 Å². The number of carbonyl (C=O) groups excluding carboxylic acids is 1. The molecule has 5 rings (SSSR count). The van der Waals surface area contributed by atoms with Gasteiger partial charge in [0, 0.05) is 12.0 Å². The predicted octanol–water partition coefficient (Wildman–Crippen LogP) is 4.18. The zero-order valence-corrected chi connectivity index (χ0v) is 16.6. The highest BCUT2D eigenvalue weighted by atomic mass is 16.2. The van der Waals surface area contributed by atoms with Gasteiger partial charge >= 0.3 is 0 Å². The summed E-state index contributed by atoms with van der Waals surface area (Å²) < 4.78 is 0. The molecule has 0 aromatic heterocycles. The molecule has 4 bridgehead atoms. The fourth-order valence-electron chi connectivity index (χ4n) is 6.34. The van der Waals surface area contributed by atoms with E-state index in [4.69, 9.17) is 0 Å². The molecule has 3 nitrogen and oxygen atoms in total. The summed E-state index contributed by atoms with van der Waals surface area (Å²) in [5, 5.41) is 3.37. The molecule has 0 unspecified atom stereocenters. The van der Waals surface area contributed by atoms with E-state index in [2.05, 4.69) is 55.5 Å². The molecule has 142 valence electrons. The predicted molar refractivity (Wildman–Crippen MR) is 106 cm³/mol. The quantitative estimate of drug-likeness (QED) is 0.831. The van der Waals surface area contributed by atoms with Gasteiger partial charge in [-0.05, 0) is 87.9 Å². The second kappa shape index (κ2) is 6.99. The Morgan fingerprint density at radius 2 is 1.62 bits per heavy atom. The molecule has 3 heteroatoms. The monoisotopic (exact) mass is 354 g/mol. The number of carbonyl (C=O) groups is 1. The summed E-state index contributed by atoms with van der Waals surface area (Å²) in [7, 11) is 4.21. The molecule has 4 aliphatic carbocycles. The molecule has 4 aliphatic rings. The lowest BCUT2D eigenvalue weighted by molar-refractivity contribution is -0.146. The summed E-state index contributed by atoms with van der Waals surface area (Å²) in [5.74, 6) is 2.79. The lowest BCUT2D eigenvalue weighted by Gasteiger charge is -2.55. The molecule has 0 aliphatic heterocycles. The van der Waals surface area contributed by atoms with E-state index in [-0.39, 0.29) is 11.5 Å². The van der Waals surface area contributed by atoms with Gasteiger partial charge in [0.2, 0.25) is 5.91 Å². The second-order valence-electron chi connectivity index (χ2n) is 9.48. The SMILES string of the molecule is CCc1ccc([C@@H](CNC(=O)C23CC4CC(CC(C4)C2)C3)N(C)C)cc1. The van der Waals surface area contributed by atoms with Crippen LogP contribution >= 0.6 is 0 Å². The second-order valence-corrected chi connectivity index (χ2v) is 9.48.